The molecule has 10 nitrogen and oxygen atoms in total. The highest BCUT2D eigenvalue weighted by Crippen LogP contribution is 2.50. The summed E-state index contributed by atoms with van der Waals surface area (Å²) >= 11 is 0. The van der Waals surface area contributed by atoms with E-state index in [9.17, 15) is 0 Å². The molecule has 6 aliphatic rings. The van der Waals surface area contributed by atoms with Crippen LogP contribution in [-0.4, -0.2) is 93.3 Å². The van der Waals surface area contributed by atoms with Crippen molar-refractivity contribution in [3.8, 4) is 0 Å². The first-order chi connectivity index (χ1) is 21.9. The number of hydrogen-bond donors (Lipinski definition) is 0. The normalized spacial score (nSPS) is 32.0. The summed E-state index contributed by atoms with van der Waals surface area (Å²) in [6.07, 6.45) is 8.82. The molecule has 2 atom stereocenters. The van der Waals surface area contributed by atoms with Crippen LogP contribution >= 0.6 is 0 Å². The molecule has 1 aliphatic carbocycles. The molecule has 0 amide bonds. The third-order valence-electron chi connectivity index (χ3n) is 12.5. The Bertz CT molecular complexity index is 1410. The summed E-state index contributed by atoms with van der Waals surface area (Å²) < 4.78 is 38.9. The molecule has 5 aliphatic heterocycles. The molecule has 2 aromatic rings. The summed E-state index contributed by atoms with van der Waals surface area (Å²) in [4.78, 5) is 12.3. The van der Waals surface area contributed by atoms with Crippen LogP contribution in [0.3, 0.4) is 0 Å². The van der Waals surface area contributed by atoms with Gasteiger partial charge < -0.3 is 32.5 Å². The van der Waals surface area contributed by atoms with Crippen LogP contribution in [0.2, 0.25) is 0 Å². The summed E-state index contributed by atoms with van der Waals surface area (Å²) in [5.74, 6) is 1.16. The maximum Gasteiger partial charge on any atom is 0.496 e. The zero-order valence-corrected chi connectivity index (χ0v) is 31.1. The predicted molar refractivity (Wildman–Crippen MR) is 188 cm³/mol. The highest BCUT2D eigenvalue weighted by molar-refractivity contribution is 7.11. The van der Waals surface area contributed by atoms with Gasteiger partial charge in [-0.2, -0.15) is 0 Å². The highest BCUT2D eigenvalue weighted by Gasteiger charge is 2.68. The molecule has 0 spiro atoms. The van der Waals surface area contributed by atoms with Crippen molar-refractivity contribution in [3.63, 3.8) is 0 Å². The third kappa shape index (κ3) is 6.04. The Balaban J connectivity index is 0.000000168. The summed E-state index contributed by atoms with van der Waals surface area (Å²) in [6.45, 7) is 28.1. The molecule has 258 valence electrons. The van der Waals surface area contributed by atoms with Gasteiger partial charge in [-0.3, -0.25) is 4.90 Å². The molecule has 0 radical (unpaired) electrons. The molecule has 5 fully saturated rings. The minimum absolute atomic E-state index is 0.273. The molecule has 7 heterocycles. The first kappa shape index (κ1) is 35.4. The second-order valence-electron chi connectivity index (χ2n) is 16.4. The average molecular weight is 650 g/mol. The van der Waals surface area contributed by atoms with E-state index in [1.54, 1.807) is 0 Å². The van der Waals surface area contributed by atoms with Gasteiger partial charge in [-0.25, -0.2) is 9.97 Å². The summed E-state index contributed by atoms with van der Waals surface area (Å²) in [5, 5.41) is 0. The highest BCUT2D eigenvalue weighted by atomic mass is 16.7. The van der Waals surface area contributed by atoms with Gasteiger partial charge in [-0.15, -0.1) is 0 Å². The van der Waals surface area contributed by atoms with E-state index in [0.717, 1.165) is 67.4 Å². The van der Waals surface area contributed by atoms with Crippen LogP contribution in [0.5, 0.6) is 0 Å². The van der Waals surface area contributed by atoms with Crippen LogP contribution < -0.4 is 5.46 Å². The number of hydrogen-bond acceptors (Lipinski definition) is 9. The van der Waals surface area contributed by atoms with Gasteiger partial charge in [-0.05, 0) is 101 Å². The van der Waals surface area contributed by atoms with Crippen LogP contribution in [0.15, 0.2) is 12.3 Å². The van der Waals surface area contributed by atoms with Crippen molar-refractivity contribution >= 4 is 37.8 Å². The first-order valence-corrected chi connectivity index (χ1v) is 18.1. The lowest BCUT2D eigenvalue weighted by atomic mass is 9.49. The van der Waals surface area contributed by atoms with Crippen LogP contribution in [0.25, 0.3) is 11.2 Å². The Morgan fingerprint density at radius 2 is 1.26 bits per heavy atom. The predicted octanol–water partition coefficient (Wildman–Crippen LogP) is 5.17. The zero-order valence-electron chi connectivity index (χ0n) is 31.1. The lowest BCUT2D eigenvalue weighted by Crippen LogP contribution is -2.50. The minimum Gasteiger partial charge on any atom is -0.405 e. The second-order valence-corrected chi connectivity index (χ2v) is 16.4. The number of aromatic nitrogens is 3. The molecule has 1 saturated carbocycles. The van der Waals surface area contributed by atoms with Crippen molar-refractivity contribution in [1.82, 2.24) is 19.4 Å². The van der Waals surface area contributed by atoms with Gasteiger partial charge in [0.2, 0.25) is 0 Å². The first-order valence-electron chi connectivity index (χ1n) is 18.1. The quantitative estimate of drug-likeness (QED) is 0.409. The summed E-state index contributed by atoms with van der Waals surface area (Å²) in [7, 11) is -1.24. The van der Waals surface area contributed by atoms with E-state index in [2.05, 4.69) is 84.8 Å². The monoisotopic (exact) mass is 650 g/mol. The lowest BCUT2D eigenvalue weighted by molar-refractivity contribution is -0.0578. The Kier molecular flexibility index (Phi) is 9.10. The number of fused-ring (bicyclic) bond motifs is 8. The van der Waals surface area contributed by atoms with Gasteiger partial charge in [0.1, 0.15) is 11.3 Å². The molecule has 2 unspecified atom stereocenters. The molecule has 0 N–H and O–H groups in total. The van der Waals surface area contributed by atoms with E-state index in [0.29, 0.717) is 0 Å². The minimum atomic E-state index is -0.425. The van der Waals surface area contributed by atoms with Gasteiger partial charge in [0, 0.05) is 43.8 Å². The Labute approximate surface area is 283 Å². The SMILES string of the molecule is CC.CC1(C)OB(c2cnc3c(c2)nc2n3CCN(C3CCC3)CC2)OC1(C)C.CC1(C)OB2OC1(C)CCC1(C)OB2OC1(C)C. The molecular formula is C34H57B3N4O6. The Morgan fingerprint density at radius 3 is 1.77 bits per heavy atom. The van der Waals surface area contributed by atoms with Crippen molar-refractivity contribution < 1.29 is 27.9 Å². The molecule has 8 rings (SSSR count). The molecule has 47 heavy (non-hydrogen) atoms. The lowest BCUT2D eigenvalue weighted by Gasteiger charge is -2.42. The average Bonchev–Trinajstić information content (AvgIpc) is 3.55. The van der Waals surface area contributed by atoms with Gasteiger partial charge in [0.15, 0.2) is 5.65 Å². The Morgan fingerprint density at radius 1 is 0.702 bits per heavy atom. The van der Waals surface area contributed by atoms with E-state index < -0.39 is 14.0 Å². The van der Waals surface area contributed by atoms with Crippen molar-refractivity contribution in [2.24, 2.45) is 0 Å². The second kappa shape index (κ2) is 12.1. The van der Waals surface area contributed by atoms with E-state index in [1.807, 2.05) is 20.0 Å². The number of rotatable bonds is 2. The van der Waals surface area contributed by atoms with E-state index in [-0.39, 0.29) is 40.7 Å². The van der Waals surface area contributed by atoms with Crippen molar-refractivity contribution in [2.75, 3.05) is 13.1 Å². The van der Waals surface area contributed by atoms with Crippen LogP contribution in [0.4, 0.5) is 0 Å². The van der Waals surface area contributed by atoms with Crippen LogP contribution in [0, 0.1) is 0 Å². The molecule has 4 bridgehead atoms. The number of nitrogens with zero attached hydrogens (tertiary/aromatic N) is 4. The fourth-order valence-corrected chi connectivity index (χ4v) is 7.40. The van der Waals surface area contributed by atoms with Gasteiger partial charge in [0.25, 0.3) is 0 Å². The van der Waals surface area contributed by atoms with E-state index >= 15 is 0 Å². The standard InChI is InChI=1S/C20H29BN4O2.C12H22B2O4.C2H6/c1-19(2)20(3,4)27-21(26-19)14-12-16-18(22-13-14)25-11-10-24(15-6-5-7-15)9-8-17(25)23-16;1-9(2)11(5)7-8-12(6)10(3,4)16-14(18-12)13(15-9)17-11;1-2/h12-13,15H,5-11H2,1-4H3;7-8H2,1-6H3;1-2H3. The number of pyridine rings is 1. The number of imidazole rings is 1. The van der Waals surface area contributed by atoms with Crippen molar-refractivity contribution in [3.05, 3.63) is 18.1 Å². The maximum absolute atomic E-state index is 6.18. The van der Waals surface area contributed by atoms with Gasteiger partial charge in [-0.1, -0.05) is 20.3 Å². The van der Waals surface area contributed by atoms with Crippen molar-refractivity contribution in [2.45, 2.75) is 168 Å². The molecule has 2 aromatic heterocycles. The summed E-state index contributed by atoms with van der Waals surface area (Å²) in [6, 6.07) is 2.89. The van der Waals surface area contributed by atoms with Gasteiger partial charge in [0.05, 0.1) is 33.6 Å². The molecule has 0 aromatic carbocycles. The molecule has 13 heteroatoms. The van der Waals surface area contributed by atoms with Crippen LogP contribution in [0.1, 0.15) is 121 Å². The fraction of sp³-hybridized carbons (Fsp3) is 0.824. The zero-order chi connectivity index (χ0) is 34.2. The van der Waals surface area contributed by atoms with E-state index in [1.165, 1.54) is 19.3 Å². The third-order valence-corrected chi connectivity index (χ3v) is 12.5. The topological polar surface area (TPSA) is 89.3 Å². The fourth-order valence-electron chi connectivity index (χ4n) is 7.40. The Hall–Kier alpha value is -1.47. The largest absolute Gasteiger partial charge is 0.496 e. The maximum atomic E-state index is 6.18. The molecule has 4 saturated heterocycles. The molecular weight excluding hydrogens is 593 g/mol. The van der Waals surface area contributed by atoms with E-state index in [4.69, 9.17) is 37.9 Å². The van der Waals surface area contributed by atoms with Crippen LogP contribution in [-0.2, 0) is 40.9 Å². The smallest absolute Gasteiger partial charge is 0.405 e. The van der Waals surface area contributed by atoms with Gasteiger partial charge >= 0.3 is 21.1 Å². The summed E-state index contributed by atoms with van der Waals surface area (Å²) in [5.41, 5.74) is 1.03. The van der Waals surface area contributed by atoms with Crippen molar-refractivity contribution in [1.29, 1.82) is 0 Å².